The Balaban J connectivity index is 2.62. The normalized spacial score (nSPS) is 24.8. The van der Waals surface area contributed by atoms with Crippen LogP contribution in [0.25, 0.3) is 0 Å². The van der Waals surface area contributed by atoms with Gasteiger partial charge in [0.25, 0.3) is 0 Å². The van der Waals surface area contributed by atoms with E-state index in [0.29, 0.717) is 6.54 Å². The second-order valence-corrected chi connectivity index (χ2v) is 5.26. The van der Waals surface area contributed by atoms with Crippen molar-refractivity contribution in [2.75, 3.05) is 18.8 Å². The number of hydrogen-bond acceptors (Lipinski definition) is 3. The fourth-order valence-corrected chi connectivity index (χ4v) is 2.73. The smallest absolute Gasteiger partial charge is 0.165 e. The maximum absolute atomic E-state index is 11.4. The second-order valence-electron chi connectivity index (χ2n) is 2.98. The Morgan fingerprint density at radius 1 is 1.58 bits per heavy atom. The second kappa shape index (κ2) is 3.92. The lowest BCUT2D eigenvalue weighted by Gasteiger charge is -2.21. The summed E-state index contributed by atoms with van der Waals surface area (Å²) in [6, 6.07) is 0. The van der Waals surface area contributed by atoms with Crippen LogP contribution in [0, 0.1) is 12.3 Å². The minimum absolute atomic E-state index is 0.126. The molecule has 1 unspecified atom stereocenters. The first-order chi connectivity index (χ1) is 5.67. The van der Waals surface area contributed by atoms with Crippen molar-refractivity contribution in [2.24, 2.45) is 0 Å². The lowest BCUT2D eigenvalue weighted by Crippen LogP contribution is -2.39. The summed E-state index contributed by atoms with van der Waals surface area (Å²) in [4.78, 5) is 0. The molecule has 0 aromatic rings. The molecule has 0 bridgehead atoms. The van der Waals surface area contributed by atoms with Gasteiger partial charge in [-0.05, 0) is 19.4 Å². The van der Waals surface area contributed by atoms with Crippen LogP contribution in [0.3, 0.4) is 0 Å². The van der Waals surface area contributed by atoms with Gasteiger partial charge in [-0.15, -0.1) is 6.42 Å². The van der Waals surface area contributed by atoms with E-state index in [4.69, 9.17) is 6.42 Å². The van der Waals surface area contributed by atoms with Crippen molar-refractivity contribution in [3.63, 3.8) is 0 Å². The van der Waals surface area contributed by atoms with Gasteiger partial charge in [0.15, 0.2) is 9.84 Å². The van der Waals surface area contributed by atoms with Crippen LogP contribution in [0.2, 0.25) is 0 Å². The summed E-state index contributed by atoms with van der Waals surface area (Å²) in [6.45, 7) is 1.48. The van der Waals surface area contributed by atoms with E-state index in [1.165, 1.54) is 0 Å². The van der Waals surface area contributed by atoms with Crippen molar-refractivity contribution < 1.29 is 8.42 Å². The van der Waals surface area contributed by atoms with Crippen LogP contribution < -0.4 is 5.32 Å². The third-order valence-corrected chi connectivity index (χ3v) is 4.03. The highest BCUT2D eigenvalue weighted by Crippen LogP contribution is 2.11. The van der Waals surface area contributed by atoms with Crippen molar-refractivity contribution in [2.45, 2.75) is 18.1 Å². The first-order valence-electron chi connectivity index (χ1n) is 4.02. The molecule has 1 N–H and O–H groups in total. The van der Waals surface area contributed by atoms with Crippen LogP contribution in [0.1, 0.15) is 12.8 Å². The molecule has 0 radical (unpaired) electrons. The first-order valence-corrected chi connectivity index (χ1v) is 5.74. The predicted molar refractivity (Wildman–Crippen MR) is 48.5 cm³/mol. The minimum Gasteiger partial charge on any atom is -0.315 e. The Morgan fingerprint density at radius 2 is 2.33 bits per heavy atom. The molecule has 1 fully saturated rings. The van der Waals surface area contributed by atoms with Gasteiger partial charge in [0.05, 0.1) is 5.25 Å². The molecule has 0 amide bonds. The van der Waals surface area contributed by atoms with Gasteiger partial charge in [-0.3, -0.25) is 0 Å². The van der Waals surface area contributed by atoms with Crippen LogP contribution in [0.15, 0.2) is 0 Å². The van der Waals surface area contributed by atoms with Crippen LogP contribution in [0.4, 0.5) is 0 Å². The summed E-state index contributed by atoms with van der Waals surface area (Å²) in [5.41, 5.74) is 0. The molecule has 0 aromatic carbocycles. The lowest BCUT2D eigenvalue weighted by molar-refractivity contribution is 0.498. The van der Waals surface area contributed by atoms with Crippen LogP contribution >= 0.6 is 0 Å². The van der Waals surface area contributed by atoms with Gasteiger partial charge in [-0.25, -0.2) is 8.42 Å². The van der Waals surface area contributed by atoms with E-state index in [0.717, 1.165) is 19.4 Å². The zero-order valence-corrected chi connectivity index (χ0v) is 7.73. The highest BCUT2D eigenvalue weighted by molar-refractivity contribution is 7.92. The van der Waals surface area contributed by atoms with Gasteiger partial charge in [0.1, 0.15) is 5.75 Å². The summed E-state index contributed by atoms with van der Waals surface area (Å²) in [5, 5.41) is 2.79. The molecule has 1 rings (SSSR count). The zero-order valence-electron chi connectivity index (χ0n) is 6.91. The number of piperidine rings is 1. The molecule has 1 heterocycles. The molecular weight excluding hydrogens is 174 g/mol. The van der Waals surface area contributed by atoms with E-state index < -0.39 is 9.84 Å². The number of hydrogen-bond donors (Lipinski definition) is 1. The Hall–Kier alpha value is -0.530. The van der Waals surface area contributed by atoms with Gasteiger partial charge < -0.3 is 5.32 Å². The van der Waals surface area contributed by atoms with Crippen molar-refractivity contribution in [1.82, 2.24) is 5.32 Å². The maximum atomic E-state index is 11.4. The van der Waals surface area contributed by atoms with Crippen LogP contribution in [-0.4, -0.2) is 32.5 Å². The molecule has 12 heavy (non-hydrogen) atoms. The Bertz CT molecular complexity index is 270. The fraction of sp³-hybridized carbons (Fsp3) is 0.750. The van der Waals surface area contributed by atoms with Crippen molar-refractivity contribution >= 4 is 9.84 Å². The average molecular weight is 187 g/mol. The first kappa shape index (κ1) is 9.56. The largest absolute Gasteiger partial charge is 0.315 e. The van der Waals surface area contributed by atoms with Crippen LogP contribution in [0.5, 0.6) is 0 Å². The maximum Gasteiger partial charge on any atom is 0.165 e. The molecule has 1 aliphatic rings. The summed E-state index contributed by atoms with van der Waals surface area (Å²) in [6.07, 6.45) is 6.64. The Kier molecular flexibility index (Phi) is 3.12. The summed E-state index contributed by atoms with van der Waals surface area (Å²) >= 11 is 0. The molecular formula is C8H13NO2S. The highest BCUT2D eigenvalue weighted by Gasteiger charge is 2.25. The monoisotopic (exact) mass is 187 g/mol. The number of rotatable bonds is 2. The summed E-state index contributed by atoms with van der Waals surface area (Å²) in [7, 11) is -3.03. The SMILES string of the molecule is C#CCS(=O)(=O)C1CCCNC1. The molecule has 0 saturated carbocycles. The Morgan fingerprint density at radius 3 is 2.83 bits per heavy atom. The lowest BCUT2D eigenvalue weighted by atomic mass is 10.2. The van der Waals surface area contributed by atoms with E-state index in [1.807, 2.05) is 0 Å². The zero-order chi connectivity index (χ0) is 9.03. The number of terminal acetylenes is 1. The van der Waals surface area contributed by atoms with E-state index in [9.17, 15) is 8.42 Å². The topological polar surface area (TPSA) is 46.2 Å². The highest BCUT2D eigenvalue weighted by atomic mass is 32.2. The van der Waals surface area contributed by atoms with Gasteiger partial charge in [0.2, 0.25) is 0 Å². The molecule has 0 aromatic heterocycles. The third-order valence-electron chi connectivity index (χ3n) is 2.04. The van der Waals surface area contributed by atoms with E-state index in [-0.39, 0.29) is 11.0 Å². The predicted octanol–water partition coefficient (Wildman–Crippen LogP) is -0.214. The van der Waals surface area contributed by atoms with Crippen LogP contribution in [-0.2, 0) is 9.84 Å². The summed E-state index contributed by atoms with van der Waals surface area (Å²) < 4.78 is 22.8. The molecule has 3 nitrogen and oxygen atoms in total. The molecule has 4 heteroatoms. The van der Waals surface area contributed by atoms with Gasteiger partial charge in [-0.2, -0.15) is 0 Å². The van der Waals surface area contributed by atoms with E-state index in [2.05, 4.69) is 11.2 Å². The third kappa shape index (κ3) is 2.23. The average Bonchev–Trinajstić information content (AvgIpc) is 2.06. The summed E-state index contributed by atoms with van der Waals surface area (Å²) in [5.74, 6) is 2.06. The van der Waals surface area contributed by atoms with Crippen molar-refractivity contribution in [3.8, 4) is 12.3 Å². The minimum atomic E-state index is -3.03. The van der Waals surface area contributed by atoms with Gasteiger partial charge in [-0.1, -0.05) is 5.92 Å². The fourth-order valence-electron chi connectivity index (χ4n) is 1.36. The van der Waals surface area contributed by atoms with E-state index in [1.54, 1.807) is 0 Å². The Labute approximate surface area is 73.5 Å². The standard InChI is InChI=1S/C8H13NO2S/c1-2-6-12(10,11)8-4-3-5-9-7-8/h1,8-9H,3-7H2. The molecule has 1 atom stereocenters. The molecule has 0 aliphatic carbocycles. The molecule has 1 aliphatic heterocycles. The van der Waals surface area contributed by atoms with Gasteiger partial charge in [0, 0.05) is 6.54 Å². The number of nitrogens with one attached hydrogen (secondary N) is 1. The van der Waals surface area contributed by atoms with Gasteiger partial charge >= 0.3 is 0 Å². The van der Waals surface area contributed by atoms with E-state index >= 15 is 0 Å². The quantitative estimate of drug-likeness (QED) is 0.608. The molecule has 1 saturated heterocycles. The van der Waals surface area contributed by atoms with Crippen molar-refractivity contribution in [1.29, 1.82) is 0 Å². The molecule has 0 spiro atoms. The number of sulfone groups is 1. The van der Waals surface area contributed by atoms with Crippen molar-refractivity contribution in [3.05, 3.63) is 0 Å². The molecule has 68 valence electrons.